The zero-order chi connectivity index (χ0) is 28.5. The number of halogens is 1. The van der Waals surface area contributed by atoms with E-state index in [0.717, 1.165) is 29.2 Å². The van der Waals surface area contributed by atoms with Crippen molar-refractivity contribution in [2.75, 3.05) is 33.7 Å². The Labute approximate surface area is 239 Å². The predicted octanol–water partition coefficient (Wildman–Crippen LogP) is 5.39. The first-order chi connectivity index (χ1) is 19.4. The van der Waals surface area contributed by atoms with Gasteiger partial charge in [0.25, 0.3) is 11.8 Å². The second kappa shape index (κ2) is 14.0. The van der Waals surface area contributed by atoms with E-state index in [9.17, 15) is 14.0 Å². The lowest BCUT2D eigenvalue weighted by molar-refractivity contribution is 0.0722. The molecule has 0 unspecified atom stereocenters. The van der Waals surface area contributed by atoms with Gasteiger partial charge in [-0.15, -0.1) is 11.3 Å². The molecule has 40 heavy (non-hydrogen) atoms. The van der Waals surface area contributed by atoms with Gasteiger partial charge in [-0.2, -0.15) is 0 Å². The van der Waals surface area contributed by atoms with E-state index >= 15 is 0 Å². The zero-order valence-corrected chi connectivity index (χ0v) is 24.1. The minimum absolute atomic E-state index is 0.0754. The topological polar surface area (TPSA) is 61.7 Å². The van der Waals surface area contributed by atoms with Gasteiger partial charge in [-0.3, -0.25) is 9.59 Å². The fourth-order valence-corrected chi connectivity index (χ4v) is 5.20. The molecule has 2 aromatic carbocycles. The number of thiazole rings is 1. The Morgan fingerprint density at radius 2 is 1.60 bits per heavy atom. The largest absolute Gasteiger partial charge is 0.343 e. The number of hydrogen-bond donors (Lipinski definition) is 0. The van der Waals surface area contributed by atoms with Crippen molar-refractivity contribution in [1.82, 2.24) is 24.3 Å². The van der Waals surface area contributed by atoms with Gasteiger partial charge in [-0.25, -0.2) is 9.37 Å². The molecule has 0 radical (unpaired) electrons. The molecule has 9 heteroatoms. The normalized spacial score (nSPS) is 11.1. The van der Waals surface area contributed by atoms with Crippen molar-refractivity contribution >= 4 is 23.2 Å². The molecule has 4 rings (SSSR count). The third kappa shape index (κ3) is 7.64. The second-order valence-electron chi connectivity index (χ2n) is 9.98. The van der Waals surface area contributed by atoms with Gasteiger partial charge in [-0.1, -0.05) is 49.4 Å². The Balaban J connectivity index is 1.47. The zero-order valence-electron chi connectivity index (χ0n) is 23.3. The van der Waals surface area contributed by atoms with Crippen molar-refractivity contribution in [1.29, 1.82) is 0 Å². The van der Waals surface area contributed by atoms with Gasteiger partial charge in [-0.05, 0) is 50.3 Å². The molecule has 0 atom stereocenters. The summed E-state index contributed by atoms with van der Waals surface area (Å²) in [6.45, 7) is 5.20. The van der Waals surface area contributed by atoms with E-state index in [1.807, 2.05) is 84.5 Å². The van der Waals surface area contributed by atoms with Crippen LogP contribution >= 0.6 is 11.3 Å². The van der Waals surface area contributed by atoms with Crippen LogP contribution in [-0.2, 0) is 19.6 Å². The van der Waals surface area contributed by atoms with Crippen LogP contribution in [-0.4, -0.2) is 69.8 Å². The summed E-state index contributed by atoms with van der Waals surface area (Å²) >= 11 is 1.45. The van der Waals surface area contributed by atoms with E-state index in [0.29, 0.717) is 38.4 Å². The Hall–Kier alpha value is -3.82. The molecule has 0 saturated heterocycles. The van der Waals surface area contributed by atoms with Gasteiger partial charge >= 0.3 is 0 Å². The summed E-state index contributed by atoms with van der Waals surface area (Å²) in [6, 6.07) is 19.9. The maximum Gasteiger partial charge on any atom is 0.273 e. The van der Waals surface area contributed by atoms with Crippen LogP contribution in [0.3, 0.4) is 0 Å². The number of hydrogen-bond acceptors (Lipinski definition) is 5. The van der Waals surface area contributed by atoms with Gasteiger partial charge in [0.15, 0.2) is 0 Å². The molecule has 0 saturated carbocycles. The fraction of sp³-hybridized carbons (Fsp3) is 0.323. The standard InChI is InChI=1S/C31H36FN5O2S/c1-4-16-36(30(38)26-14-8-9-15-27(26)32)21-25-13-10-17-35(25)22-29-33-28(23-40-29)31(39)37(19-18-34(2)3)20-24-11-6-5-7-12-24/h5-15,17,23H,4,16,18-22H2,1-3H3. The highest BCUT2D eigenvalue weighted by Gasteiger charge is 2.22. The number of nitrogens with zero attached hydrogens (tertiary/aromatic N) is 5. The lowest BCUT2D eigenvalue weighted by Gasteiger charge is -2.24. The van der Waals surface area contributed by atoms with E-state index in [1.165, 1.54) is 23.5 Å². The summed E-state index contributed by atoms with van der Waals surface area (Å²) in [5, 5.41) is 2.62. The second-order valence-corrected chi connectivity index (χ2v) is 10.9. The Kier molecular flexibility index (Phi) is 10.2. The highest BCUT2D eigenvalue weighted by Crippen LogP contribution is 2.19. The molecule has 0 aliphatic rings. The minimum Gasteiger partial charge on any atom is -0.343 e. The van der Waals surface area contributed by atoms with Crippen LogP contribution in [0.25, 0.3) is 0 Å². The third-order valence-corrected chi connectivity index (χ3v) is 7.39. The molecule has 2 amide bonds. The maximum atomic E-state index is 14.3. The van der Waals surface area contributed by atoms with Crippen molar-refractivity contribution in [2.45, 2.75) is 33.0 Å². The van der Waals surface area contributed by atoms with Crippen LogP contribution in [0.15, 0.2) is 78.3 Å². The molecule has 0 aliphatic carbocycles. The minimum atomic E-state index is -0.518. The van der Waals surface area contributed by atoms with Gasteiger partial charge in [0.2, 0.25) is 0 Å². The summed E-state index contributed by atoms with van der Waals surface area (Å²) in [7, 11) is 3.98. The molecule has 0 spiro atoms. The van der Waals surface area contributed by atoms with Crippen LogP contribution in [0.4, 0.5) is 4.39 Å². The van der Waals surface area contributed by atoms with Crippen molar-refractivity contribution in [2.24, 2.45) is 0 Å². The Bertz CT molecular complexity index is 1400. The van der Waals surface area contributed by atoms with E-state index < -0.39 is 5.82 Å². The number of carbonyl (C=O) groups is 2. The molecule has 0 aliphatic heterocycles. The Morgan fingerprint density at radius 3 is 2.33 bits per heavy atom. The van der Waals surface area contributed by atoms with Gasteiger partial charge in [0.1, 0.15) is 16.5 Å². The lowest BCUT2D eigenvalue weighted by atomic mass is 10.1. The molecule has 4 aromatic rings. The first-order valence-electron chi connectivity index (χ1n) is 13.5. The lowest BCUT2D eigenvalue weighted by Crippen LogP contribution is -2.36. The molecule has 210 valence electrons. The molecule has 0 N–H and O–H groups in total. The van der Waals surface area contributed by atoms with Crippen LogP contribution in [0.1, 0.15) is 50.5 Å². The van der Waals surface area contributed by atoms with Gasteiger partial charge in [0, 0.05) is 43.4 Å². The number of aromatic nitrogens is 2. The number of likely N-dealkylation sites (N-methyl/N-ethyl adjacent to an activating group) is 1. The number of rotatable bonds is 13. The average Bonchev–Trinajstić information content (AvgIpc) is 3.60. The first-order valence-corrected chi connectivity index (χ1v) is 14.3. The average molecular weight is 562 g/mol. The summed E-state index contributed by atoms with van der Waals surface area (Å²) < 4.78 is 16.4. The molecular weight excluding hydrogens is 525 g/mol. The highest BCUT2D eigenvalue weighted by atomic mass is 32.1. The molecule has 0 fully saturated rings. The summed E-state index contributed by atoms with van der Waals surface area (Å²) in [5.41, 5.74) is 2.50. The molecular formula is C31H36FN5O2S. The Morgan fingerprint density at radius 1 is 0.875 bits per heavy atom. The van der Waals surface area contributed by atoms with Crippen LogP contribution in [0.2, 0.25) is 0 Å². The van der Waals surface area contributed by atoms with Gasteiger partial charge < -0.3 is 19.3 Å². The third-order valence-electron chi connectivity index (χ3n) is 6.56. The first kappa shape index (κ1) is 29.2. The van der Waals surface area contributed by atoms with Gasteiger partial charge in [0.05, 0.1) is 18.7 Å². The summed E-state index contributed by atoms with van der Waals surface area (Å²) in [5.74, 6) is -0.938. The SMILES string of the molecule is CCCN(Cc1cccn1Cc1nc(C(=O)N(CCN(C)C)Cc2ccccc2)cs1)C(=O)c1ccccc1F. The van der Waals surface area contributed by atoms with E-state index in [4.69, 9.17) is 0 Å². The number of benzene rings is 2. The quantitative estimate of drug-likeness (QED) is 0.220. The van der Waals surface area contributed by atoms with E-state index in [1.54, 1.807) is 17.0 Å². The van der Waals surface area contributed by atoms with E-state index in [2.05, 4.69) is 9.88 Å². The van der Waals surface area contributed by atoms with E-state index in [-0.39, 0.29) is 17.4 Å². The van der Waals surface area contributed by atoms with Crippen molar-refractivity contribution < 1.29 is 14.0 Å². The smallest absolute Gasteiger partial charge is 0.273 e. The molecule has 2 aromatic heterocycles. The fourth-order valence-electron chi connectivity index (χ4n) is 4.44. The number of carbonyl (C=O) groups excluding carboxylic acids is 2. The molecule has 2 heterocycles. The van der Waals surface area contributed by atoms with Crippen LogP contribution < -0.4 is 0 Å². The molecule has 7 nitrogen and oxygen atoms in total. The summed E-state index contributed by atoms with van der Waals surface area (Å²) in [4.78, 5) is 36.9. The van der Waals surface area contributed by atoms with Crippen molar-refractivity contribution in [3.63, 3.8) is 0 Å². The van der Waals surface area contributed by atoms with Crippen LogP contribution in [0.5, 0.6) is 0 Å². The number of amides is 2. The predicted molar refractivity (Wildman–Crippen MR) is 157 cm³/mol. The molecule has 0 bridgehead atoms. The monoisotopic (exact) mass is 561 g/mol. The maximum absolute atomic E-state index is 14.3. The van der Waals surface area contributed by atoms with Crippen molar-refractivity contribution in [3.05, 3.63) is 112 Å². The highest BCUT2D eigenvalue weighted by molar-refractivity contribution is 7.09. The van der Waals surface area contributed by atoms with Crippen molar-refractivity contribution in [3.8, 4) is 0 Å². The summed E-state index contributed by atoms with van der Waals surface area (Å²) in [6.07, 6.45) is 2.70. The van der Waals surface area contributed by atoms with Crippen LogP contribution in [0, 0.1) is 5.82 Å².